The Morgan fingerprint density at radius 3 is 2.22 bits per heavy atom. The molecule has 2 aliphatic rings. The molecule has 2 heterocycles. The first-order valence-corrected chi connectivity index (χ1v) is 8.52. The molecule has 2 aromatic rings. The van der Waals surface area contributed by atoms with Gasteiger partial charge in [0.15, 0.2) is 0 Å². The van der Waals surface area contributed by atoms with Gasteiger partial charge in [-0.2, -0.15) is 0 Å². The second-order valence-electron chi connectivity index (χ2n) is 8.11. The number of anilines is 2. The minimum absolute atomic E-state index is 0.0965. The Morgan fingerprint density at radius 2 is 1.48 bits per heavy atom. The van der Waals surface area contributed by atoms with Crippen LogP contribution in [0.15, 0.2) is 48.5 Å². The van der Waals surface area contributed by atoms with Crippen LogP contribution in [0.5, 0.6) is 0 Å². The molecule has 120 valence electrons. The average molecular weight is 306 g/mol. The van der Waals surface area contributed by atoms with Gasteiger partial charge in [0.2, 0.25) is 0 Å². The number of rotatable bonds is 0. The number of nitrogens with zero attached hydrogens (tertiary/aromatic N) is 2. The fourth-order valence-corrected chi connectivity index (χ4v) is 4.64. The third-order valence-corrected chi connectivity index (χ3v) is 6.52. The fourth-order valence-electron chi connectivity index (χ4n) is 4.64. The van der Waals surface area contributed by atoms with E-state index in [0.29, 0.717) is 6.17 Å². The topological polar surface area (TPSA) is 6.48 Å². The van der Waals surface area contributed by atoms with E-state index in [1.165, 1.54) is 22.5 Å². The van der Waals surface area contributed by atoms with E-state index in [1.807, 2.05) is 0 Å². The highest BCUT2D eigenvalue weighted by atomic mass is 15.4. The summed E-state index contributed by atoms with van der Waals surface area (Å²) in [5.41, 5.74) is 5.86. The summed E-state index contributed by atoms with van der Waals surface area (Å²) in [6.45, 7) is 10.7. The van der Waals surface area contributed by atoms with Crippen molar-refractivity contribution in [2.45, 2.75) is 45.8 Å². The number of hydrogen-bond acceptors (Lipinski definition) is 2. The highest BCUT2D eigenvalue weighted by Gasteiger charge is 2.53. The number of para-hydroxylation sites is 2. The van der Waals surface area contributed by atoms with E-state index >= 15 is 0 Å². The SMILES string of the molecule is CN1c2ccccc2N2Cc3ccccc3C(C)(C)C(C)(C)C12. The summed E-state index contributed by atoms with van der Waals surface area (Å²) in [5, 5.41) is 0. The molecule has 4 rings (SSSR count). The first-order chi connectivity index (χ1) is 10.9. The summed E-state index contributed by atoms with van der Waals surface area (Å²) in [5.74, 6) is 0. The van der Waals surface area contributed by atoms with Gasteiger partial charge in [0.25, 0.3) is 0 Å². The minimum atomic E-state index is 0.0965. The van der Waals surface area contributed by atoms with E-state index < -0.39 is 0 Å². The maximum absolute atomic E-state index is 2.60. The van der Waals surface area contributed by atoms with E-state index in [4.69, 9.17) is 0 Å². The maximum Gasteiger partial charge on any atom is 0.108 e. The van der Waals surface area contributed by atoms with E-state index in [1.54, 1.807) is 0 Å². The molecular formula is C21H26N2. The van der Waals surface area contributed by atoms with E-state index in [-0.39, 0.29) is 10.8 Å². The Hall–Kier alpha value is -1.96. The van der Waals surface area contributed by atoms with Crippen LogP contribution in [-0.2, 0) is 12.0 Å². The molecular weight excluding hydrogens is 280 g/mol. The molecule has 0 saturated heterocycles. The molecule has 0 aromatic heterocycles. The fraction of sp³-hybridized carbons (Fsp3) is 0.429. The van der Waals surface area contributed by atoms with Gasteiger partial charge in [-0.3, -0.25) is 0 Å². The predicted molar refractivity (Wildman–Crippen MR) is 98.1 cm³/mol. The summed E-state index contributed by atoms with van der Waals surface area (Å²) in [6, 6.07) is 17.8. The molecule has 2 nitrogen and oxygen atoms in total. The highest BCUT2D eigenvalue weighted by Crippen LogP contribution is 2.55. The molecule has 2 aliphatic heterocycles. The molecule has 1 atom stereocenters. The number of fused-ring (bicyclic) bond motifs is 4. The van der Waals surface area contributed by atoms with Crippen molar-refractivity contribution in [3.05, 3.63) is 59.7 Å². The maximum atomic E-state index is 2.60. The molecule has 0 bridgehead atoms. The Balaban J connectivity index is 1.98. The lowest BCUT2D eigenvalue weighted by atomic mass is 9.62. The van der Waals surface area contributed by atoms with Crippen molar-refractivity contribution < 1.29 is 0 Å². The van der Waals surface area contributed by atoms with Crippen LogP contribution in [0.2, 0.25) is 0 Å². The normalized spacial score (nSPS) is 23.8. The molecule has 0 N–H and O–H groups in total. The molecule has 0 amide bonds. The van der Waals surface area contributed by atoms with Gasteiger partial charge in [0.1, 0.15) is 6.17 Å². The first-order valence-electron chi connectivity index (χ1n) is 8.52. The Morgan fingerprint density at radius 1 is 0.870 bits per heavy atom. The van der Waals surface area contributed by atoms with Crippen LogP contribution < -0.4 is 9.80 Å². The summed E-state index contributed by atoms with van der Waals surface area (Å²) in [6.07, 6.45) is 0.363. The van der Waals surface area contributed by atoms with Crippen LogP contribution in [-0.4, -0.2) is 13.2 Å². The second-order valence-corrected chi connectivity index (χ2v) is 8.11. The van der Waals surface area contributed by atoms with Crippen molar-refractivity contribution >= 4 is 11.4 Å². The first kappa shape index (κ1) is 14.6. The zero-order valence-corrected chi connectivity index (χ0v) is 14.8. The van der Waals surface area contributed by atoms with Crippen LogP contribution in [0.1, 0.15) is 38.8 Å². The smallest absolute Gasteiger partial charge is 0.108 e. The summed E-state index contributed by atoms with van der Waals surface area (Å²) in [7, 11) is 2.25. The third-order valence-electron chi connectivity index (χ3n) is 6.52. The minimum Gasteiger partial charge on any atom is -0.352 e. The highest BCUT2D eigenvalue weighted by molar-refractivity contribution is 5.78. The second kappa shape index (κ2) is 4.53. The standard InChI is InChI=1S/C21H26N2/c1-20(2)16-11-7-6-10-15(16)14-23-18-13-9-8-12-17(18)22(5)19(23)21(20,3)4/h6-13,19H,14H2,1-5H3. The van der Waals surface area contributed by atoms with Gasteiger partial charge < -0.3 is 9.80 Å². The molecule has 0 saturated carbocycles. The Kier molecular flexibility index (Phi) is 2.88. The van der Waals surface area contributed by atoms with Crippen molar-refractivity contribution in [1.82, 2.24) is 0 Å². The van der Waals surface area contributed by atoms with Gasteiger partial charge in [-0.15, -0.1) is 0 Å². The molecule has 0 spiro atoms. The van der Waals surface area contributed by atoms with Crippen LogP contribution >= 0.6 is 0 Å². The van der Waals surface area contributed by atoms with Crippen LogP contribution in [0.25, 0.3) is 0 Å². The van der Waals surface area contributed by atoms with Crippen LogP contribution in [0.4, 0.5) is 11.4 Å². The lowest BCUT2D eigenvalue weighted by Crippen LogP contribution is -2.56. The van der Waals surface area contributed by atoms with Gasteiger partial charge >= 0.3 is 0 Å². The van der Waals surface area contributed by atoms with Crippen molar-refractivity contribution in [2.75, 3.05) is 16.8 Å². The molecule has 2 heteroatoms. The third kappa shape index (κ3) is 1.75. The summed E-state index contributed by atoms with van der Waals surface area (Å²) >= 11 is 0. The van der Waals surface area contributed by atoms with Crippen LogP contribution in [0.3, 0.4) is 0 Å². The van der Waals surface area contributed by atoms with Crippen LogP contribution in [0, 0.1) is 5.41 Å². The summed E-state index contributed by atoms with van der Waals surface area (Å²) in [4.78, 5) is 5.08. The van der Waals surface area contributed by atoms with Gasteiger partial charge in [0.05, 0.1) is 11.4 Å². The Bertz CT molecular complexity index is 760. The van der Waals surface area contributed by atoms with Gasteiger partial charge in [-0.1, -0.05) is 64.1 Å². The predicted octanol–water partition coefficient (Wildman–Crippen LogP) is 4.79. The number of hydrogen-bond donors (Lipinski definition) is 0. The molecule has 0 fully saturated rings. The lowest BCUT2D eigenvalue weighted by Gasteiger charge is -2.49. The van der Waals surface area contributed by atoms with Gasteiger partial charge in [-0.25, -0.2) is 0 Å². The molecule has 1 unspecified atom stereocenters. The lowest BCUT2D eigenvalue weighted by molar-refractivity contribution is 0.155. The number of benzene rings is 2. The molecule has 0 aliphatic carbocycles. The monoisotopic (exact) mass is 306 g/mol. The van der Waals surface area contributed by atoms with E-state index in [2.05, 4.69) is 93.1 Å². The Labute approximate surface area is 139 Å². The van der Waals surface area contributed by atoms with Crippen molar-refractivity contribution in [3.8, 4) is 0 Å². The quantitative estimate of drug-likeness (QED) is 0.690. The van der Waals surface area contributed by atoms with Gasteiger partial charge in [-0.05, 0) is 28.7 Å². The van der Waals surface area contributed by atoms with Crippen molar-refractivity contribution in [3.63, 3.8) is 0 Å². The largest absolute Gasteiger partial charge is 0.352 e. The summed E-state index contributed by atoms with van der Waals surface area (Å²) < 4.78 is 0. The van der Waals surface area contributed by atoms with Crippen molar-refractivity contribution in [1.29, 1.82) is 0 Å². The van der Waals surface area contributed by atoms with E-state index in [0.717, 1.165) is 6.54 Å². The van der Waals surface area contributed by atoms with Gasteiger partial charge in [0, 0.05) is 19.0 Å². The van der Waals surface area contributed by atoms with Crippen molar-refractivity contribution in [2.24, 2.45) is 5.41 Å². The molecule has 23 heavy (non-hydrogen) atoms. The zero-order valence-electron chi connectivity index (χ0n) is 14.8. The molecule has 2 aromatic carbocycles. The van der Waals surface area contributed by atoms with E-state index in [9.17, 15) is 0 Å². The zero-order chi connectivity index (χ0) is 16.4. The average Bonchev–Trinajstić information content (AvgIpc) is 2.77. The molecule has 0 radical (unpaired) electrons.